The Bertz CT molecular complexity index is 1350. The molecule has 0 radical (unpaired) electrons. The van der Waals surface area contributed by atoms with Crippen molar-refractivity contribution in [2.24, 2.45) is 0 Å². The summed E-state index contributed by atoms with van der Waals surface area (Å²) in [5.41, 5.74) is 2.40. The van der Waals surface area contributed by atoms with Crippen LogP contribution in [0.25, 0.3) is 22.3 Å². The molecule has 10 nitrogen and oxygen atoms in total. The lowest BCUT2D eigenvalue weighted by Crippen LogP contribution is -2.13. The lowest BCUT2D eigenvalue weighted by atomic mass is 10.2. The number of halogens is 1. The Kier molecular flexibility index (Phi) is 4.58. The number of nitrogens with one attached hydrogen (secondary N) is 3. The number of rotatable bonds is 5. The highest BCUT2D eigenvalue weighted by Gasteiger charge is 2.13. The zero-order valence-corrected chi connectivity index (χ0v) is 16.5. The summed E-state index contributed by atoms with van der Waals surface area (Å²) in [6.07, 6.45) is 5.67. The highest BCUT2D eigenvalue weighted by molar-refractivity contribution is 7.10. The van der Waals surface area contributed by atoms with E-state index in [0.29, 0.717) is 33.0 Å². The molecule has 12 heteroatoms. The number of pyridine rings is 1. The number of benzene rings is 1. The third-order valence-corrected chi connectivity index (χ3v) is 5.19. The third-order valence-electron chi connectivity index (χ3n) is 4.15. The normalized spacial score (nSPS) is 11.0. The molecule has 0 fully saturated rings. The first kappa shape index (κ1) is 18.2. The zero-order chi connectivity index (χ0) is 20.5. The quantitative estimate of drug-likeness (QED) is 0.373. The van der Waals surface area contributed by atoms with Crippen LogP contribution in [0.1, 0.15) is 10.5 Å². The van der Waals surface area contributed by atoms with Gasteiger partial charge in [-0.05, 0) is 24.3 Å². The summed E-state index contributed by atoms with van der Waals surface area (Å²) in [5, 5.41) is 14.6. The zero-order valence-electron chi connectivity index (χ0n) is 15.0. The number of fused-ring (bicyclic) bond motifs is 1. The van der Waals surface area contributed by atoms with Crippen LogP contribution in [0.3, 0.4) is 0 Å². The molecule has 148 valence electrons. The van der Waals surface area contributed by atoms with Gasteiger partial charge >= 0.3 is 0 Å². The Morgan fingerprint density at radius 2 is 2.17 bits per heavy atom. The molecule has 0 aliphatic rings. The Morgan fingerprint density at radius 1 is 1.23 bits per heavy atom. The van der Waals surface area contributed by atoms with E-state index in [-0.39, 0.29) is 5.69 Å². The first-order chi connectivity index (χ1) is 14.7. The predicted molar refractivity (Wildman–Crippen MR) is 112 cm³/mol. The van der Waals surface area contributed by atoms with E-state index in [4.69, 9.17) is 16.0 Å². The number of H-pyrrole nitrogens is 1. The van der Waals surface area contributed by atoms with Gasteiger partial charge in [-0.1, -0.05) is 11.6 Å². The van der Waals surface area contributed by atoms with Gasteiger partial charge in [0.2, 0.25) is 5.13 Å². The van der Waals surface area contributed by atoms with Gasteiger partial charge < -0.3 is 15.1 Å². The number of nitrogens with zero attached hydrogens (tertiary/aromatic N) is 5. The molecule has 0 spiro atoms. The van der Waals surface area contributed by atoms with Crippen LogP contribution >= 0.6 is 23.1 Å². The number of carbonyl (C=O) groups is 1. The van der Waals surface area contributed by atoms with Crippen molar-refractivity contribution in [3.05, 3.63) is 60.0 Å². The van der Waals surface area contributed by atoms with Gasteiger partial charge in [-0.25, -0.2) is 9.97 Å². The molecule has 0 aliphatic heterocycles. The molecule has 0 atom stereocenters. The molecule has 5 rings (SSSR count). The average Bonchev–Trinajstić information content (AvgIpc) is 3.52. The van der Waals surface area contributed by atoms with Crippen LogP contribution in [0, 0.1) is 0 Å². The minimum atomic E-state index is -0.425. The summed E-state index contributed by atoms with van der Waals surface area (Å²) >= 11 is 7.63. The van der Waals surface area contributed by atoms with Crippen molar-refractivity contribution in [2.45, 2.75) is 0 Å². The van der Waals surface area contributed by atoms with Crippen LogP contribution in [-0.4, -0.2) is 35.4 Å². The number of aromatic amines is 1. The van der Waals surface area contributed by atoms with Crippen LogP contribution in [0.2, 0.25) is 5.02 Å². The molecule has 0 saturated carbocycles. The van der Waals surface area contributed by atoms with Crippen LogP contribution in [0.5, 0.6) is 0 Å². The molecule has 30 heavy (non-hydrogen) atoms. The predicted octanol–water partition coefficient (Wildman–Crippen LogP) is 4.11. The Labute approximate surface area is 177 Å². The molecule has 1 aromatic carbocycles. The maximum atomic E-state index is 12.1. The van der Waals surface area contributed by atoms with E-state index in [2.05, 4.69) is 40.2 Å². The lowest BCUT2D eigenvalue weighted by Gasteiger charge is -2.05. The van der Waals surface area contributed by atoms with E-state index in [1.54, 1.807) is 24.5 Å². The van der Waals surface area contributed by atoms with Gasteiger partial charge in [-0.15, -0.1) is 0 Å². The summed E-state index contributed by atoms with van der Waals surface area (Å²) in [7, 11) is 0. The third kappa shape index (κ3) is 3.47. The van der Waals surface area contributed by atoms with Gasteiger partial charge in [0.15, 0.2) is 17.9 Å². The highest BCUT2D eigenvalue weighted by atomic mass is 35.5. The number of hydrogen-bond acceptors (Lipinski definition) is 9. The Balaban J connectivity index is 1.36. The molecule has 1 amide bonds. The van der Waals surface area contributed by atoms with Crippen LogP contribution in [0.15, 0.2) is 53.7 Å². The fourth-order valence-corrected chi connectivity index (χ4v) is 3.59. The maximum absolute atomic E-state index is 12.1. The minimum absolute atomic E-state index is 0.159. The van der Waals surface area contributed by atoms with Crippen molar-refractivity contribution in [1.82, 2.24) is 29.5 Å². The lowest BCUT2D eigenvalue weighted by molar-refractivity contribution is 0.102. The smallest absolute Gasteiger partial charge is 0.278 e. The van der Waals surface area contributed by atoms with Crippen LogP contribution in [0.4, 0.5) is 16.6 Å². The second-order valence-corrected chi connectivity index (χ2v) is 7.19. The fraction of sp³-hybridized carbons (Fsp3) is 0. The highest BCUT2D eigenvalue weighted by Crippen LogP contribution is 2.33. The first-order valence-corrected chi connectivity index (χ1v) is 9.71. The Morgan fingerprint density at radius 3 is 3.03 bits per heavy atom. The first-order valence-electron chi connectivity index (χ1n) is 8.55. The molecule has 0 unspecified atom stereocenters. The van der Waals surface area contributed by atoms with E-state index in [1.165, 1.54) is 24.2 Å². The van der Waals surface area contributed by atoms with Gasteiger partial charge in [-0.3, -0.25) is 9.89 Å². The number of anilines is 3. The molecular weight excluding hydrogens is 428 g/mol. The standard InChI is InChI=1S/C18H11ClN8O2S/c19-15-10-6-22-26-11(10)1-2-12(15)23-18-25-16(27-30-18)9-3-4-20-14(5-9)24-17(28)13-7-29-8-21-13/h1-8H,(H,22,26)(H,20,24,28)(H,23,25,27). The molecule has 4 aromatic heterocycles. The molecule has 0 saturated heterocycles. The van der Waals surface area contributed by atoms with Gasteiger partial charge in [0.1, 0.15) is 12.1 Å². The van der Waals surface area contributed by atoms with Crippen molar-refractivity contribution >= 4 is 56.6 Å². The van der Waals surface area contributed by atoms with Crippen LogP contribution < -0.4 is 10.6 Å². The van der Waals surface area contributed by atoms with E-state index < -0.39 is 5.91 Å². The topological polar surface area (TPSA) is 135 Å². The second-order valence-electron chi connectivity index (χ2n) is 6.06. The number of amides is 1. The van der Waals surface area contributed by atoms with Crippen molar-refractivity contribution < 1.29 is 9.21 Å². The summed E-state index contributed by atoms with van der Waals surface area (Å²) in [5.74, 6) is 0.409. The summed E-state index contributed by atoms with van der Waals surface area (Å²) in [6, 6.07) is 7.15. The van der Waals surface area contributed by atoms with Gasteiger partial charge in [0.05, 0.1) is 22.4 Å². The van der Waals surface area contributed by atoms with E-state index in [1.807, 2.05) is 12.1 Å². The van der Waals surface area contributed by atoms with Crippen molar-refractivity contribution in [3.63, 3.8) is 0 Å². The van der Waals surface area contributed by atoms with E-state index in [9.17, 15) is 4.79 Å². The van der Waals surface area contributed by atoms with E-state index in [0.717, 1.165) is 10.9 Å². The van der Waals surface area contributed by atoms with Gasteiger partial charge in [0, 0.05) is 28.7 Å². The second kappa shape index (κ2) is 7.54. The number of hydrogen-bond donors (Lipinski definition) is 3. The summed E-state index contributed by atoms with van der Waals surface area (Å²) in [4.78, 5) is 24.5. The summed E-state index contributed by atoms with van der Waals surface area (Å²) < 4.78 is 9.19. The van der Waals surface area contributed by atoms with Crippen molar-refractivity contribution in [2.75, 3.05) is 10.6 Å². The monoisotopic (exact) mass is 438 g/mol. The minimum Gasteiger partial charge on any atom is -0.451 e. The molecule has 3 N–H and O–H groups in total. The van der Waals surface area contributed by atoms with E-state index >= 15 is 0 Å². The maximum Gasteiger partial charge on any atom is 0.278 e. The van der Waals surface area contributed by atoms with Crippen LogP contribution in [-0.2, 0) is 0 Å². The number of aromatic nitrogens is 6. The molecule has 0 aliphatic carbocycles. The van der Waals surface area contributed by atoms with Gasteiger partial charge in [0.25, 0.3) is 5.91 Å². The molecule has 4 heterocycles. The number of carbonyl (C=O) groups excluding carboxylic acids is 1. The van der Waals surface area contributed by atoms with Crippen molar-refractivity contribution in [1.29, 1.82) is 0 Å². The summed E-state index contributed by atoms with van der Waals surface area (Å²) in [6.45, 7) is 0. The molecule has 0 bridgehead atoms. The number of oxazole rings is 1. The van der Waals surface area contributed by atoms with Crippen molar-refractivity contribution in [3.8, 4) is 11.4 Å². The fourth-order valence-electron chi connectivity index (χ4n) is 2.73. The van der Waals surface area contributed by atoms with Gasteiger partial charge in [-0.2, -0.15) is 14.5 Å². The SMILES string of the molecule is O=C(Nc1cc(-c2nsc(Nc3ccc4[nH]ncc4c3Cl)n2)ccn1)c1cocn1. The Hall–Kier alpha value is -3.83. The molecular formula is C18H11ClN8O2S. The average molecular weight is 439 g/mol. The largest absolute Gasteiger partial charge is 0.451 e. The molecule has 5 aromatic rings.